The molecule has 0 bridgehead atoms. The van der Waals surface area contributed by atoms with Crippen molar-refractivity contribution in [3.05, 3.63) is 0 Å². The molecular formula is C87H169F12N11. The van der Waals surface area contributed by atoms with Crippen molar-refractivity contribution in [2.24, 2.45) is 35.5 Å². The van der Waals surface area contributed by atoms with Crippen molar-refractivity contribution >= 4 is 0 Å². The number of alkyl halides is 12. The standard InChI is InChI=1S/2C9H19N.C8H14F3N.C8H13F2N.C8H15F2N.C8H15N.3C8H17N.C7H12F3N.C6H11F2N/c1-8(2)10-7-5-6-9(10,3)4;1-8(2)10-7-5-4-6-9(10)3;1-6(2)12-4-3-7(5-12)8(9,10)11;1-5(2)11-3-6-7(4-11)8(6,9)10;1-7(2)11-5-3-8(9,10)4-6-11;1-6(2)9-4-7-3-8(7)5-9;3*1-7(2)9-6-4-5-8(9)3;1-5(2)11-3-6(4-11)7(8,9)10;1-5(2)9-3-6(7,8)4-9/h8H,5-7H2,1-4H3;8-9H,4-7H2,1-3H3;6-7H,3-5H2,1-2H3;5-7H,3-4H2,1-2H3;7H,3-6H2,1-2H3;6-8H,3-5H2,1-2H3;3*7-8H,4-6H2,1-3H3;5-6H,3-4H2,1-2H3;5H,3-4H2,1-2H3/t;9-;;;;;3*8-;;/m.0....100../s1. The molecule has 2 saturated carbocycles. The molecule has 2 aliphatic carbocycles. The van der Waals surface area contributed by atoms with E-state index in [0.717, 1.165) is 72.3 Å². The minimum absolute atomic E-state index is 0.0329. The van der Waals surface area contributed by atoms with Gasteiger partial charge in [-0.3, -0.25) is 39.2 Å². The van der Waals surface area contributed by atoms with Crippen molar-refractivity contribution in [2.75, 3.05) is 111 Å². The second-order valence-corrected chi connectivity index (χ2v) is 38.8. The Hall–Kier alpha value is -1.28. The van der Waals surface area contributed by atoms with Gasteiger partial charge in [0.2, 0.25) is 0 Å². The van der Waals surface area contributed by atoms with Gasteiger partial charge in [-0.25, -0.2) is 26.3 Å². The van der Waals surface area contributed by atoms with Crippen LogP contribution in [0.3, 0.4) is 0 Å². The van der Waals surface area contributed by atoms with Crippen molar-refractivity contribution in [3.63, 3.8) is 0 Å². The Balaban J connectivity index is 0.000000314. The van der Waals surface area contributed by atoms with Gasteiger partial charge in [0, 0.05) is 180 Å². The monoisotopic (exact) mass is 1600 g/mol. The smallest absolute Gasteiger partial charge is 0.300 e. The van der Waals surface area contributed by atoms with E-state index in [2.05, 4.69) is 178 Å². The van der Waals surface area contributed by atoms with E-state index in [1.807, 2.05) is 65.2 Å². The number of piperidine rings is 4. The maximum absolute atomic E-state index is 12.7. The molecule has 0 aromatic rings. The summed E-state index contributed by atoms with van der Waals surface area (Å²) in [6, 6.07) is 9.44. The highest BCUT2D eigenvalue weighted by Gasteiger charge is 2.71. The third-order valence-corrected chi connectivity index (χ3v) is 26.0. The Morgan fingerprint density at radius 2 is 0.618 bits per heavy atom. The molecule has 0 amide bonds. The third-order valence-electron chi connectivity index (χ3n) is 26.0. The SMILES string of the molecule is CC(C)N1CC(C(F)(F)F)C1.CC(C)N1CC(F)(F)C1.CC(C)N1CC2C(C1)C2(F)F.CC(C)N1CC2CC2C1.CC(C)N1CCC(C(F)(F)F)C1.CC(C)N1CCC(F)(F)CC1.CC(C)N1CCCC1(C)C.CC(C)N1CCCC[C@@H]1C.CC(C)N1CCC[C@@H]1C.CC(C)N1CCC[C@@H]1C.CC(C)N1CCC[C@H]1C. The summed E-state index contributed by atoms with van der Waals surface area (Å²) < 4.78 is 147. The summed E-state index contributed by atoms with van der Waals surface area (Å²) in [6.45, 7) is 73.9. The van der Waals surface area contributed by atoms with Crippen LogP contribution in [0.1, 0.15) is 290 Å². The zero-order valence-electron chi connectivity index (χ0n) is 75.2. The summed E-state index contributed by atoms with van der Waals surface area (Å²) in [4.78, 5) is 25.2. The van der Waals surface area contributed by atoms with Crippen molar-refractivity contribution in [3.8, 4) is 0 Å². The molecule has 0 spiro atoms. The summed E-state index contributed by atoms with van der Waals surface area (Å²) in [5, 5.41) is 0. The highest BCUT2D eigenvalue weighted by Crippen LogP contribution is 2.59. The topological polar surface area (TPSA) is 35.6 Å². The average molecular weight is 1600 g/mol. The van der Waals surface area contributed by atoms with Crippen LogP contribution in [0.15, 0.2) is 0 Å². The van der Waals surface area contributed by atoms with Crippen LogP contribution >= 0.6 is 0 Å². The van der Waals surface area contributed by atoms with Crippen LogP contribution in [0.4, 0.5) is 52.7 Å². The van der Waals surface area contributed by atoms with Crippen molar-refractivity contribution in [1.82, 2.24) is 53.9 Å². The predicted octanol–water partition coefficient (Wildman–Crippen LogP) is 20.8. The zero-order chi connectivity index (χ0) is 84.1. The first-order valence-electron chi connectivity index (χ1n) is 44.1. The number of hydrogen-bond acceptors (Lipinski definition) is 11. The van der Waals surface area contributed by atoms with Gasteiger partial charge < -0.3 is 14.7 Å². The average Bonchev–Trinajstić information content (AvgIpc) is 1.56. The summed E-state index contributed by atoms with van der Waals surface area (Å²) in [5.74, 6) is -7.71. The molecule has 0 radical (unpaired) electrons. The zero-order valence-corrected chi connectivity index (χ0v) is 75.2. The first-order chi connectivity index (χ1) is 50.5. The van der Waals surface area contributed by atoms with Gasteiger partial charge in [0.25, 0.3) is 17.8 Å². The minimum atomic E-state index is -4.00. The lowest BCUT2D eigenvalue weighted by Crippen LogP contribution is -2.58. The molecule has 13 rings (SSSR count). The normalized spacial score (nSPS) is 29.9. The van der Waals surface area contributed by atoms with Crippen LogP contribution in [0, 0.1) is 35.5 Å². The molecule has 0 N–H and O–H groups in total. The Morgan fingerprint density at radius 1 is 0.291 bits per heavy atom. The molecule has 11 aliphatic heterocycles. The van der Waals surface area contributed by atoms with Gasteiger partial charge in [-0.15, -0.1) is 0 Å². The molecule has 5 unspecified atom stereocenters. The van der Waals surface area contributed by atoms with Crippen LogP contribution in [-0.4, -0.2) is 291 Å². The summed E-state index contributed by atoms with van der Waals surface area (Å²) in [7, 11) is 0. The Kier molecular flexibility index (Phi) is 43.3. The van der Waals surface area contributed by atoms with E-state index < -0.39 is 42.0 Å². The quantitative estimate of drug-likeness (QED) is 0.186. The Labute approximate surface area is 666 Å². The molecule has 11 heterocycles. The predicted molar refractivity (Wildman–Crippen MR) is 439 cm³/mol. The molecule has 23 heteroatoms. The molecule has 0 aromatic carbocycles. The van der Waals surface area contributed by atoms with Crippen LogP contribution in [0.25, 0.3) is 0 Å². The fraction of sp³-hybridized carbons (Fsp3) is 1.00. The number of likely N-dealkylation sites (tertiary alicyclic amines) is 11. The second kappa shape index (κ2) is 46.3. The van der Waals surface area contributed by atoms with Gasteiger partial charge in [-0.2, -0.15) is 26.3 Å². The van der Waals surface area contributed by atoms with Gasteiger partial charge >= 0.3 is 12.4 Å². The van der Waals surface area contributed by atoms with Crippen molar-refractivity contribution < 1.29 is 52.7 Å². The van der Waals surface area contributed by atoms with E-state index in [1.54, 1.807) is 4.90 Å². The molecule has 9 atom stereocenters. The van der Waals surface area contributed by atoms with Gasteiger partial charge in [-0.05, 0) is 322 Å². The first-order valence-corrected chi connectivity index (χ1v) is 44.1. The van der Waals surface area contributed by atoms with Gasteiger partial charge in [-0.1, -0.05) is 6.42 Å². The Bertz CT molecular complexity index is 2330. The molecule has 13 aliphatic rings. The van der Waals surface area contributed by atoms with Gasteiger partial charge in [0.1, 0.15) is 0 Å². The number of nitrogens with zero attached hydrogens (tertiary/aromatic N) is 11. The number of rotatable bonds is 11. The minimum Gasteiger partial charge on any atom is -0.300 e. The maximum atomic E-state index is 12.7. The third kappa shape index (κ3) is 35.3. The second-order valence-electron chi connectivity index (χ2n) is 38.8. The number of fused-ring (bicyclic) bond motifs is 2. The summed E-state index contributed by atoms with van der Waals surface area (Å²) in [5.41, 5.74) is 0.466. The highest BCUT2D eigenvalue weighted by molar-refractivity contribution is 5.12. The van der Waals surface area contributed by atoms with E-state index in [-0.39, 0.29) is 81.9 Å². The molecule has 110 heavy (non-hydrogen) atoms. The van der Waals surface area contributed by atoms with Crippen molar-refractivity contribution in [1.29, 1.82) is 0 Å². The molecule has 11 nitrogen and oxygen atoms in total. The van der Waals surface area contributed by atoms with E-state index in [0.29, 0.717) is 50.3 Å². The van der Waals surface area contributed by atoms with Crippen LogP contribution in [0.2, 0.25) is 0 Å². The van der Waals surface area contributed by atoms with Gasteiger partial charge in [0.15, 0.2) is 0 Å². The molecule has 0 aromatic heterocycles. The fourth-order valence-corrected chi connectivity index (χ4v) is 17.9. The Morgan fingerprint density at radius 3 is 0.845 bits per heavy atom. The lowest BCUT2D eigenvalue weighted by Gasteiger charge is -2.42. The molecule has 656 valence electrons. The van der Waals surface area contributed by atoms with E-state index in [1.165, 1.54) is 123 Å². The summed E-state index contributed by atoms with van der Waals surface area (Å²) in [6.07, 6.45) is 9.28. The first kappa shape index (κ1) is 103. The fourth-order valence-electron chi connectivity index (χ4n) is 17.9. The van der Waals surface area contributed by atoms with E-state index >= 15 is 0 Å². The van der Waals surface area contributed by atoms with Crippen LogP contribution in [0.5, 0.6) is 0 Å². The highest BCUT2D eigenvalue weighted by atomic mass is 19.4. The van der Waals surface area contributed by atoms with Gasteiger partial charge in [0.05, 0.1) is 24.9 Å². The number of hydrogen-bond donors (Lipinski definition) is 0. The van der Waals surface area contributed by atoms with Crippen LogP contribution < -0.4 is 0 Å². The largest absolute Gasteiger partial charge is 0.394 e. The summed E-state index contributed by atoms with van der Waals surface area (Å²) >= 11 is 0. The van der Waals surface area contributed by atoms with Crippen LogP contribution in [-0.2, 0) is 0 Å². The maximum Gasteiger partial charge on any atom is 0.394 e. The molecule has 13 fully saturated rings. The van der Waals surface area contributed by atoms with Crippen molar-refractivity contribution in [2.45, 2.75) is 416 Å². The molecule has 11 saturated heterocycles. The van der Waals surface area contributed by atoms with E-state index in [4.69, 9.17) is 0 Å². The lowest BCUT2D eigenvalue weighted by molar-refractivity contribution is -0.212. The lowest BCUT2D eigenvalue weighted by atomic mass is 9.98. The molecular weight excluding hydrogens is 1430 g/mol. The van der Waals surface area contributed by atoms with E-state index in [9.17, 15) is 52.7 Å². The number of halogens is 12.